The molecule has 0 radical (unpaired) electrons. The lowest BCUT2D eigenvalue weighted by Crippen LogP contribution is -2.21. The number of fused-ring (bicyclic) bond motifs is 1. The molecule has 0 spiro atoms. The Balaban J connectivity index is 2.22. The minimum absolute atomic E-state index is 0.0501. The van der Waals surface area contributed by atoms with Gasteiger partial charge in [-0.2, -0.15) is 0 Å². The van der Waals surface area contributed by atoms with E-state index in [1.54, 1.807) is 17.0 Å². The predicted molar refractivity (Wildman–Crippen MR) is 71.5 cm³/mol. The molecule has 0 aliphatic carbocycles. The summed E-state index contributed by atoms with van der Waals surface area (Å²) in [6, 6.07) is 7.88. The van der Waals surface area contributed by atoms with Crippen molar-refractivity contribution in [3.8, 4) is 11.3 Å². The van der Waals surface area contributed by atoms with Gasteiger partial charge in [0, 0.05) is 36.2 Å². The molecule has 0 saturated carbocycles. The van der Waals surface area contributed by atoms with Crippen molar-refractivity contribution in [3.05, 3.63) is 53.2 Å². The second-order valence-corrected chi connectivity index (χ2v) is 4.15. The number of aromatic nitrogens is 3. The highest BCUT2D eigenvalue weighted by atomic mass is 16.1. The van der Waals surface area contributed by atoms with Crippen LogP contribution < -0.4 is 5.56 Å². The summed E-state index contributed by atoms with van der Waals surface area (Å²) in [5, 5.41) is 1.13. The number of H-pyrrole nitrogens is 1. The van der Waals surface area contributed by atoms with Crippen molar-refractivity contribution < 1.29 is 0 Å². The van der Waals surface area contributed by atoms with Gasteiger partial charge >= 0.3 is 0 Å². The van der Waals surface area contributed by atoms with Crippen LogP contribution in [-0.2, 0) is 6.54 Å². The number of hydrogen-bond donors (Lipinski definition) is 1. The maximum absolute atomic E-state index is 12.2. The predicted octanol–water partition coefficient (Wildman–Crippen LogP) is 2.41. The molecule has 0 aliphatic heterocycles. The third kappa shape index (κ3) is 1.62. The van der Waals surface area contributed by atoms with Gasteiger partial charge in [-0.15, -0.1) is 0 Å². The van der Waals surface area contributed by atoms with Crippen molar-refractivity contribution in [1.82, 2.24) is 14.5 Å². The zero-order valence-corrected chi connectivity index (χ0v) is 10.1. The molecule has 1 N–H and O–H groups in total. The van der Waals surface area contributed by atoms with Gasteiger partial charge in [-0.25, -0.2) is 4.98 Å². The van der Waals surface area contributed by atoms with Crippen LogP contribution in [0.5, 0.6) is 0 Å². The van der Waals surface area contributed by atoms with Gasteiger partial charge in [0.25, 0.3) is 5.56 Å². The van der Waals surface area contributed by atoms with Gasteiger partial charge in [0.1, 0.15) is 5.69 Å². The number of benzene rings is 1. The highest BCUT2D eigenvalue weighted by Crippen LogP contribution is 2.19. The molecule has 0 aliphatic rings. The van der Waals surface area contributed by atoms with E-state index in [-0.39, 0.29) is 5.56 Å². The molecule has 0 bridgehead atoms. The molecule has 2 heterocycles. The van der Waals surface area contributed by atoms with Gasteiger partial charge in [0.2, 0.25) is 0 Å². The number of nitrogens with zero attached hydrogens (tertiary/aromatic N) is 2. The fourth-order valence-electron chi connectivity index (χ4n) is 2.09. The topological polar surface area (TPSA) is 50.7 Å². The lowest BCUT2D eigenvalue weighted by atomic mass is 10.1. The average molecular weight is 239 g/mol. The van der Waals surface area contributed by atoms with E-state index < -0.39 is 0 Å². The molecular weight excluding hydrogens is 226 g/mol. The van der Waals surface area contributed by atoms with E-state index in [1.165, 1.54) is 0 Å². The van der Waals surface area contributed by atoms with Gasteiger partial charge in [0.05, 0.1) is 0 Å². The molecule has 0 atom stereocenters. The normalized spacial score (nSPS) is 10.9. The summed E-state index contributed by atoms with van der Waals surface area (Å²) < 4.78 is 1.65. The Kier molecular flexibility index (Phi) is 2.48. The first-order valence-corrected chi connectivity index (χ1v) is 5.92. The standard InChI is InChI=1S/C14H13N3O/c1-2-17-8-7-16-13(14(17)18)11-4-3-10-5-6-15-12(10)9-11/h3-9,15H,2H2,1H3. The SMILES string of the molecule is CCn1ccnc(-c2ccc3cc[nH]c3c2)c1=O. The Morgan fingerprint density at radius 1 is 1.33 bits per heavy atom. The fraction of sp³-hybridized carbons (Fsp3) is 0.143. The first kappa shape index (κ1) is 10.8. The zero-order chi connectivity index (χ0) is 12.5. The number of rotatable bonds is 2. The Hall–Kier alpha value is -2.36. The molecule has 90 valence electrons. The van der Waals surface area contributed by atoms with E-state index >= 15 is 0 Å². The second kappa shape index (κ2) is 4.14. The third-order valence-electron chi connectivity index (χ3n) is 3.08. The lowest BCUT2D eigenvalue weighted by Gasteiger charge is -2.04. The van der Waals surface area contributed by atoms with Crippen molar-refractivity contribution >= 4 is 10.9 Å². The summed E-state index contributed by atoms with van der Waals surface area (Å²) in [7, 11) is 0. The first-order valence-electron chi connectivity index (χ1n) is 5.92. The summed E-state index contributed by atoms with van der Waals surface area (Å²) in [5.41, 5.74) is 2.31. The minimum atomic E-state index is -0.0501. The van der Waals surface area contributed by atoms with E-state index in [4.69, 9.17) is 0 Å². The molecule has 4 heteroatoms. The Morgan fingerprint density at radius 3 is 3.06 bits per heavy atom. The molecule has 1 aromatic carbocycles. The number of hydrogen-bond acceptors (Lipinski definition) is 2. The Labute approximate surface area is 104 Å². The van der Waals surface area contributed by atoms with Crippen LogP contribution in [0.3, 0.4) is 0 Å². The quantitative estimate of drug-likeness (QED) is 0.746. The maximum Gasteiger partial charge on any atom is 0.277 e. The maximum atomic E-state index is 12.2. The van der Waals surface area contributed by atoms with Crippen LogP contribution in [0.15, 0.2) is 47.7 Å². The second-order valence-electron chi connectivity index (χ2n) is 4.15. The van der Waals surface area contributed by atoms with Crippen molar-refractivity contribution in [3.63, 3.8) is 0 Å². The van der Waals surface area contributed by atoms with Crippen molar-refractivity contribution in [2.24, 2.45) is 0 Å². The smallest absolute Gasteiger partial charge is 0.277 e. The molecule has 4 nitrogen and oxygen atoms in total. The van der Waals surface area contributed by atoms with Gasteiger partial charge < -0.3 is 9.55 Å². The molecule has 18 heavy (non-hydrogen) atoms. The van der Waals surface area contributed by atoms with Crippen molar-refractivity contribution in [2.75, 3.05) is 0 Å². The summed E-state index contributed by atoms with van der Waals surface area (Å²) in [4.78, 5) is 19.5. The summed E-state index contributed by atoms with van der Waals surface area (Å²) in [6.45, 7) is 2.60. The largest absolute Gasteiger partial charge is 0.361 e. The molecule has 0 unspecified atom stereocenters. The molecule has 0 saturated heterocycles. The molecule has 3 aromatic rings. The van der Waals surface area contributed by atoms with Crippen LogP contribution in [0.1, 0.15) is 6.92 Å². The van der Waals surface area contributed by atoms with Crippen LogP contribution >= 0.6 is 0 Å². The fourth-order valence-corrected chi connectivity index (χ4v) is 2.09. The number of aromatic amines is 1. The Bertz CT molecular complexity index is 755. The molecule has 3 rings (SSSR count). The van der Waals surface area contributed by atoms with E-state index in [2.05, 4.69) is 9.97 Å². The zero-order valence-electron chi connectivity index (χ0n) is 10.1. The highest BCUT2D eigenvalue weighted by Gasteiger charge is 2.07. The van der Waals surface area contributed by atoms with E-state index in [1.807, 2.05) is 37.4 Å². The summed E-state index contributed by atoms with van der Waals surface area (Å²) in [5.74, 6) is 0. The van der Waals surface area contributed by atoms with Crippen molar-refractivity contribution in [1.29, 1.82) is 0 Å². The number of aryl methyl sites for hydroxylation is 1. The third-order valence-corrected chi connectivity index (χ3v) is 3.08. The van der Waals surface area contributed by atoms with E-state index in [0.717, 1.165) is 16.5 Å². The van der Waals surface area contributed by atoms with Crippen LogP contribution in [0.25, 0.3) is 22.2 Å². The van der Waals surface area contributed by atoms with Gasteiger partial charge in [0.15, 0.2) is 0 Å². The highest BCUT2D eigenvalue weighted by molar-refractivity contribution is 5.83. The number of nitrogens with one attached hydrogen (secondary N) is 1. The van der Waals surface area contributed by atoms with E-state index in [9.17, 15) is 4.79 Å². The van der Waals surface area contributed by atoms with Gasteiger partial charge in [-0.1, -0.05) is 12.1 Å². The molecule has 0 fully saturated rings. The lowest BCUT2D eigenvalue weighted by molar-refractivity contribution is 0.720. The monoisotopic (exact) mass is 239 g/mol. The summed E-state index contributed by atoms with van der Waals surface area (Å²) >= 11 is 0. The van der Waals surface area contributed by atoms with Crippen LogP contribution in [-0.4, -0.2) is 14.5 Å². The van der Waals surface area contributed by atoms with Crippen LogP contribution in [0, 0.1) is 0 Å². The van der Waals surface area contributed by atoms with Gasteiger partial charge in [-0.05, 0) is 24.4 Å². The molecule has 2 aromatic heterocycles. The minimum Gasteiger partial charge on any atom is -0.361 e. The molecular formula is C14H13N3O. The Morgan fingerprint density at radius 2 is 2.22 bits per heavy atom. The van der Waals surface area contributed by atoms with Crippen LogP contribution in [0.4, 0.5) is 0 Å². The average Bonchev–Trinajstić information content (AvgIpc) is 2.86. The van der Waals surface area contributed by atoms with Gasteiger partial charge in [-0.3, -0.25) is 4.79 Å². The molecule has 0 amide bonds. The van der Waals surface area contributed by atoms with E-state index in [0.29, 0.717) is 12.2 Å². The van der Waals surface area contributed by atoms with Crippen LogP contribution in [0.2, 0.25) is 0 Å². The summed E-state index contributed by atoms with van der Waals surface area (Å²) in [6.07, 6.45) is 5.26. The van der Waals surface area contributed by atoms with Crippen molar-refractivity contribution in [2.45, 2.75) is 13.5 Å². The first-order chi connectivity index (χ1) is 8.79.